The number of hydrogen-bond donors (Lipinski definition) is 1. The molecule has 1 N–H and O–H groups in total. The van der Waals surface area contributed by atoms with Gasteiger partial charge in [0, 0.05) is 24.4 Å². The van der Waals surface area contributed by atoms with Gasteiger partial charge in [-0.1, -0.05) is 39.2 Å². The zero-order chi connectivity index (χ0) is 12.5. The molecule has 0 saturated heterocycles. The maximum absolute atomic E-state index is 4.53. The molecule has 1 heterocycles. The van der Waals surface area contributed by atoms with E-state index in [9.17, 15) is 0 Å². The molecule has 2 heteroatoms. The zero-order valence-corrected chi connectivity index (χ0v) is 11.5. The summed E-state index contributed by atoms with van der Waals surface area (Å²) >= 11 is 0. The Bertz CT molecular complexity index is 292. The van der Waals surface area contributed by atoms with Crippen molar-refractivity contribution in [3.8, 4) is 0 Å². The van der Waals surface area contributed by atoms with E-state index in [1.54, 1.807) is 0 Å². The molecule has 0 aliphatic carbocycles. The molecule has 17 heavy (non-hydrogen) atoms. The molecule has 0 fully saturated rings. The van der Waals surface area contributed by atoms with Gasteiger partial charge in [0.25, 0.3) is 0 Å². The van der Waals surface area contributed by atoms with Crippen LogP contribution in [0.25, 0.3) is 0 Å². The number of nitrogens with zero attached hydrogens (tertiary/aromatic N) is 1. The number of nitrogens with one attached hydrogen (secondary N) is 1. The summed E-state index contributed by atoms with van der Waals surface area (Å²) in [5.41, 5.74) is 2.53. The van der Waals surface area contributed by atoms with Crippen molar-refractivity contribution >= 4 is 0 Å². The molecule has 0 spiro atoms. The molecular weight excluding hydrogens is 208 g/mol. The highest BCUT2D eigenvalue weighted by atomic mass is 14.9. The Morgan fingerprint density at radius 1 is 1.24 bits per heavy atom. The fourth-order valence-electron chi connectivity index (χ4n) is 2.03. The fraction of sp³-hybridized carbons (Fsp3) is 0.667. The summed E-state index contributed by atoms with van der Waals surface area (Å²) in [6, 6.07) is 4.94. The average molecular weight is 234 g/mol. The normalized spacial score (nSPS) is 12.6. The van der Waals surface area contributed by atoms with Crippen LogP contribution in [0.3, 0.4) is 0 Å². The minimum atomic E-state index is 0.571. The van der Waals surface area contributed by atoms with Crippen molar-refractivity contribution in [1.29, 1.82) is 0 Å². The van der Waals surface area contributed by atoms with Crippen LogP contribution in [-0.2, 0) is 12.8 Å². The smallest absolute Gasteiger partial charge is 0.0419 e. The summed E-state index contributed by atoms with van der Waals surface area (Å²) in [5, 5.41) is 3.40. The fourth-order valence-corrected chi connectivity index (χ4v) is 2.03. The lowest BCUT2D eigenvalue weighted by molar-refractivity contribution is 0.486. The quantitative estimate of drug-likeness (QED) is 0.698. The van der Waals surface area contributed by atoms with Gasteiger partial charge in [-0.2, -0.15) is 0 Å². The number of hydrogen-bond acceptors (Lipinski definition) is 2. The lowest BCUT2D eigenvalue weighted by Gasteiger charge is -2.15. The maximum atomic E-state index is 4.53. The molecule has 1 aromatic heterocycles. The molecular formula is C15H26N2. The monoisotopic (exact) mass is 234 g/mol. The largest absolute Gasteiger partial charge is 0.317 e. The van der Waals surface area contributed by atoms with Gasteiger partial charge in [0.05, 0.1) is 0 Å². The molecule has 0 radical (unpaired) electrons. The van der Waals surface area contributed by atoms with Crippen LogP contribution in [0.4, 0.5) is 0 Å². The van der Waals surface area contributed by atoms with Crippen LogP contribution >= 0.6 is 0 Å². The summed E-state index contributed by atoms with van der Waals surface area (Å²) in [4.78, 5) is 4.53. The van der Waals surface area contributed by atoms with Crippen LogP contribution < -0.4 is 5.32 Å². The maximum Gasteiger partial charge on any atom is 0.0419 e. The van der Waals surface area contributed by atoms with Crippen LogP contribution in [-0.4, -0.2) is 18.1 Å². The highest BCUT2D eigenvalue weighted by molar-refractivity contribution is 5.14. The minimum absolute atomic E-state index is 0.571. The third-order valence-electron chi connectivity index (χ3n) is 3.31. The Morgan fingerprint density at radius 2 is 2.06 bits per heavy atom. The molecule has 2 nitrogen and oxygen atoms in total. The first-order valence-corrected chi connectivity index (χ1v) is 6.91. The molecule has 96 valence electrons. The molecule has 0 aliphatic heterocycles. The molecule has 0 bridgehead atoms. The van der Waals surface area contributed by atoms with E-state index in [0.29, 0.717) is 6.04 Å². The second-order valence-electron chi connectivity index (χ2n) is 4.70. The van der Waals surface area contributed by atoms with Gasteiger partial charge in [0.2, 0.25) is 0 Å². The summed E-state index contributed by atoms with van der Waals surface area (Å²) in [6.07, 6.45) is 9.31. The van der Waals surface area contributed by atoms with E-state index in [0.717, 1.165) is 12.8 Å². The second-order valence-corrected chi connectivity index (χ2v) is 4.70. The highest BCUT2D eigenvalue weighted by Crippen LogP contribution is 2.09. The SMILES string of the molecule is CCCCCC(Cc1ccc(CC)cn1)NC. The number of unbranched alkanes of at least 4 members (excludes halogenated alkanes) is 2. The number of likely N-dealkylation sites (N-methyl/N-ethyl adjacent to an activating group) is 1. The van der Waals surface area contributed by atoms with E-state index in [1.165, 1.54) is 36.9 Å². The van der Waals surface area contributed by atoms with E-state index >= 15 is 0 Å². The van der Waals surface area contributed by atoms with Crippen molar-refractivity contribution in [3.63, 3.8) is 0 Å². The third kappa shape index (κ3) is 5.31. The van der Waals surface area contributed by atoms with Crippen LogP contribution in [0.2, 0.25) is 0 Å². The van der Waals surface area contributed by atoms with E-state index < -0.39 is 0 Å². The van der Waals surface area contributed by atoms with Crippen LogP contribution in [0.5, 0.6) is 0 Å². The molecule has 0 aromatic carbocycles. The summed E-state index contributed by atoms with van der Waals surface area (Å²) in [7, 11) is 2.05. The number of aryl methyl sites for hydroxylation is 1. The molecule has 1 atom stereocenters. The number of aromatic nitrogens is 1. The van der Waals surface area contributed by atoms with Gasteiger partial charge in [-0.15, -0.1) is 0 Å². The van der Waals surface area contributed by atoms with Gasteiger partial charge in [-0.05, 0) is 31.5 Å². The average Bonchev–Trinajstić information content (AvgIpc) is 2.38. The molecule has 1 unspecified atom stereocenters. The van der Waals surface area contributed by atoms with Crippen LogP contribution in [0.15, 0.2) is 18.3 Å². The third-order valence-corrected chi connectivity index (χ3v) is 3.31. The number of rotatable bonds is 8. The van der Waals surface area contributed by atoms with Gasteiger partial charge in [0.15, 0.2) is 0 Å². The second kappa shape index (κ2) is 8.24. The van der Waals surface area contributed by atoms with Crippen molar-refractivity contribution in [3.05, 3.63) is 29.6 Å². The van der Waals surface area contributed by atoms with Gasteiger partial charge in [-0.3, -0.25) is 4.98 Å². The van der Waals surface area contributed by atoms with Crippen molar-refractivity contribution in [2.24, 2.45) is 0 Å². The predicted molar refractivity (Wildman–Crippen MR) is 74.3 cm³/mol. The minimum Gasteiger partial charge on any atom is -0.317 e. The molecule has 0 aliphatic rings. The van der Waals surface area contributed by atoms with Crippen molar-refractivity contribution in [2.45, 2.75) is 58.4 Å². The Balaban J connectivity index is 2.43. The Labute approximate surface area is 106 Å². The lowest BCUT2D eigenvalue weighted by Crippen LogP contribution is -2.27. The van der Waals surface area contributed by atoms with Gasteiger partial charge < -0.3 is 5.32 Å². The molecule has 1 aromatic rings. The zero-order valence-electron chi connectivity index (χ0n) is 11.5. The lowest BCUT2D eigenvalue weighted by atomic mass is 10.0. The topological polar surface area (TPSA) is 24.9 Å². The van der Waals surface area contributed by atoms with Crippen LogP contribution in [0, 0.1) is 0 Å². The van der Waals surface area contributed by atoms with E-state index in [2.05, 4.69) is 43.3 Å². The van der Waals surface area contributed by atoms with E-state index in [4.69, 9.17) is 0 Å². The molecule has 0 amide bonds. The number of pyridine rings is 1. The standard InChI is InChI=1S/C15H26N2/c1-4-6-7-8-14(16-3)11-15-10-9-13(5-2)12-17-15/h9-10,12,14,16H,4-8,11H2,1-3H3. The Morgan fingerprint density at radius 3 is 2.59 bits per heavy atom. The molecule has 1 rings (SSSR count). The Kier molecular flexibility index (Phi) is 6.87. The van der Waals surface area contributed by atoms with Gasteiger partial charge in [0.1, 0.15) is 0 Å². The van der Waals surface area contributed by atoms with E-state index in [1.807, 2.05) is 6.20 Å². The van der Waals surface area contributed by atoms with Gasteiger partial charge >= 0.3 is 0 Å². The van der Waals surface area contributed by atoms with Crippen molar-refractivity contribution in [1.82, 2.24) is 10.3 Å². The Hall–Kier alpha value is -0.890. The summed E-state index contributed by atoms with van der Waals surface area (Å²) in [6.45, 7) is 4.41. The molecule has 0 saturated carbocycles. The first-order chi connectivity index (χ1) is 8.30. The van der Waals surface area contributed by atoms with Gasteiger partial charge in [-0.25, -0.2) is 0 Å². The predicted octanol–water partition coefficient (Wildman–Crippen LogP) is 3.35. The highest BCUT2D eigenvalue weighted by Gasteiger charge is 2.07. The first-order valence-electron chi connectivity index (χ1n) is 6.91. The van der Waals surface area contributed by atoms with Crippen molar-refractivity contribution < 1.29 is 0 Å². The van der Waals surface area contributed by atoms with Crippen molar-refractivity contribution in [2.75, 3.05) is 7.05 Å². The summed E-state index contributed by atoms with van der Waals surface area (Å²) in [5.74, 6) is 0. The summed E-state index contributed by atoms with van der Waals surface area (Å²) < 4.78 is 0. The van der Waals surface area contributed by atoms with E-state index in [-0.39, 0.29) is 0 Å². The van der Waals surface area contributed by atoms with Crippen LogP contribution in [0.1, 0.15) is 50.8 Å². The first kappa shape index (κ1) is 14.2.